The molecule has 0 atom stereocenters. The summed E-state index contributed by atoms with van der Waals surface area (Å²) < 4.78 is 17.5. The fourth-order valence-electron chi connectivity index (χ4n) is 3.55. The van der Waals surface area contributed by atoms with Gasteiger partial charge in [0.2, 0.25) is 5.43 Å². The van der Waals surface area contributed by atoms with Crippen LogP contribution in [-0.2, 0) is 11.3 Å². The number of morpholine rings is 1. The van der Waals surface area contributed by atoms with Gasteiger partial charge < -0.3 is 13.9 Å². The summed E-state index contributed by atoms with van der Waals surface area (Å²) in [4.78, 5) is 15.5. The van der Waals surface area contributed by atoms with Crippen molar-refractivity contribution in [1.82, 2.24) is 4.90 Å². The molecule has 1 aliphatic heterocycles. The van der Waals surface area contributed by atoms with Crippen molar-refractivity contribution in [2.24, 2.45) is 0 Å². The Balaban J connectivity index is 1.83. The molecule has 0 saturated carbocycles. The predicted molar refractivity (Wildman–Crippen MR) is 110 cm³/mol. The lowest BCUT2D eigenvalue weighted by molar-refractivity contribution is 0.0337. The normalized spacial score (nSPS) is 15.2. The van der Waals surface area contributed by atoms with Crippen LogP contribution in [0.25, 0.3) is 22.1 Å². The minimum Gasteiger partial charge on any atom is -0.491 e. The van der Waals surface area contributed by atoms with E-state index in [4.69, 9.17) is 13.9 Å². The van der Waals surface area contributed by atoms with Crippen molar-refractivity contribution in [2.75, 3.05) is 26.3 Å². The van der Waals surface area contributed by atoms with Crippen molar-refractivity contribution in [3.63, 3.8) is 0 Å². The number of hydrogen-bond acceptors (Lipinski definition) is 5. The first-order valence-electron chi connectivity index (χ1n) is 9.73. The molecule has 2 aromatic carbocycles. The highest BCUT2D eigenvalue weighted by molar-refractivity contribution is 5.85. The predicted octanol–water partition coefficient (Wildman–Crippen LogP) is 4.08. The van der Waals surface area contributed by atoms with E-state index in [2.05, 4.69) is 4.90 Å². The van der Waals surface area contributed by atoms with Gasteiger partial charge >= 0.3 is 0 Å². The second kappa shape index (κ2) is 8.17. The van der Waals surface area contributed by atoms with Crippen molar-refractivity contribution < 1.29 is 13.9 Å². The Kier molecular flexibility index (Phi) is 5.46. The molecule has 3 aromatic rings. The number of nitrogens with zero attached hydrogens (tertiary/aromatic N) is 1. The monoisotopic (exact) mass is 379 g/mol. The van der Waals surface area contributed by atoms with E-state index < -0.39 is 0 Å². The Bertz CT molecular complexity index is 1000. The zero-order valence-corrected chi connectivity index (χ0v) is 16.3. The fraction of sp³-hybridized carbons (Fsp3) is 0.348. The van der Waals surface area contributed by atoms with Crippen molar-refractivity contribution in [2.45, 2.75) is 26.5 Å². The van der Waals surface area contributed by atoms with Gasteiger partial charge in [0.1, 0.15) is 17.6 Å². The summed E-state index contributed by atoms with van der Waals surface area (Å²) in [6, 6.07) is 13.3. The average molecular weight is 379 g/mol. The van der Waals surface area contributed by atoms with Crippen LogP contribution in [0.1, 0.15) is 19.4 Å². The first kappa shape index (κ1) is 18.7. The fourth-order valence-corrected chi connectivity index (χ4v) is 3.55. The van der Waals surface area contributed by atoms with Gasteiger partial charge in [-0.05, 0) is 31.5 Å². The quantitative estimate of drug-likeness (QED) is 0.669. The Morgan fingerprint density at radius 3 is 2.54 bits per heavy atom. The van der Waals surface area contributed by atoms with Crippen molar-refractivity contribution in [3.05, 3.63) is 64.5 Å². The van der Waals surface area contributed by atoms with Crippen LogP contribution in [0.2, 0.25) is 0 Å². The molecule has 5 heteroatoms. The highest BCUT2D eigenvalue weighted by Crippen LogP contribution is 2.31. The zero-order chi connectivity index (χ0) is 19.5. The molecule has 0 bridgehead atoms. The number of hydrogen-bond donors (Lipinski definition) is 0. The van der Waals surface area contributed by atoms with Gasteiger partial charge in [-0.3, -0.25) is 9.69 Å². The lowest BCUT2D eigenvalue weighted by Crippen LogP contribution is -2.35. The van der Waals surface area contributed by atoms with Gasteiger partial charge in [0.25, 0.3) is 0 Å². The number of ether oxygens (including phenoxy) is 2. The molecule has 1 saturated heterocycles. The first-order chi connectivity index (χ1) is 13.6. The van der Waals surface area contributed by atoms with Gasteiger partial charge in [-0.1, -0.05) is 30.3 Å². The molecular formula is C23H25NO4. The third kappa shape index (κ3) is 3.81. The maximum absolute atomic E-state index is 13.2. The SMILES string of the molecule is CC(C)Oc1ccc2c(=O)c(-c3ccccc3)coc2c1CN1CCOCC1. The largest absolute Gasteiger partial charge is 0.491 e. The Morgan fingerprint density at radius 1 is 1.07 bits per heavy atom. The van der Waals surface area contributed by atoms with Crippen LogP contribution < -0.4 is 10.2 Å². The first-order valence-corrected chi connectivity index (χ1v) is 9.73. The smallest absolute Gasteiger partial charge is 0.200 e. The van der Waals surface area contributed by atoms with Crippen molar-refractivity contribution in [1.29, 1.82) is 0 Å². The molecule has 0 spiro atoms. The van der Waals surface area contributed by atoms with Crippen LogP contribution >= 0.6 is 0 Å². The molecule has 0 unspecified atom stereocenters. The van der Waals surface area contributed by atoms with E-state index in [1.807, 2.05) is 56.3 Å². The van der Waals surface area contributed by atoms with Gasteiger partial charge in [0.05, 0.1) is 35.8 Å². The van der Waals surface area contributed by atoms with Gasteiger partial charge in [-0.2, -0.15) is 0 Å². The molecule has 1 fully saturated rings. The Morgan fingerprint density at radius 2 is 1.82 bits per heavy atom. The number of rotatable bonds is 5. The van der Waals surface area contributed by atoms with Crippen molar-refractivity contribution in [3.8, 4) is 16.9 Å². The van der Waals surface area contributed by atoms with Gasteiger partial charge in [0.15, 0.2) is 0 Å². The molecule has 4 rings (SSSR count). The highest BCUT2D eigenvalue weighted by atomic mass is 16.5. The zero-order valence-electron chi connectivity index (χ0n) is 16.3. The molecule has 146 valence electrons. The van der Waals surface area contributed by atoms with E-state index in [9.17, 15) is 4.79 Å². The third-order valence-electron chi connectivity index (χ3n) is 4.93. The number of fused-ring (bicyclic) bond motifs is 1. The van der Waals surface area contributed by atoms with Crippen LogP contribution in [0.3, 0.4) is 0 Å². The molecule has 1 aliphatic rings. The molecule has 0 amide bonds. The summed E-state index contributed by atoms with van der Waals surface area (Å²) >= 11 is 0. The molecule has 0 aliphatic carbocycles. The minimum atomic E-state index is -0.0215. The molecule has 0 N–H and O–H groups in total. The van der Waals surface area contributed by atoms with Gasteiger partial charge in [0, 0.05) is 19.6 Å². The molecule has 28 heavy (non-hydrogen) atoms. The standard InChI is InChI=1S/C23H25NO4/c1-16(2)28-21-9-8-18-22(25)20(17-6-4-3-5-7-17)15-27-23(18)19(21)14-24-10-12-26-13-11-24/h3-9,15-16H,10-14H2,1-2H3. The van der Waals surface area contributed by atoms with E-state index in [1.165, 1.54) is 0 Å². The maximum Gasteiger partial charge on any atom is 0.200 e. The average Bonchev–Trinajstić information content (AvgIpc) is 2.71. The topological polar surface area (TPSA) is 51.9 Å². The third-order valence-corrected chi connectivity index (χ3v) is 4.93. The van der Waals surface area contributed by atoms with E-state index in [0.29, 0.717) is 36.3 Å². The van der Waals surface area contributed by atoms with E-state index in [1.54, 1.807) is 6.26 Å². The van der Waals surface area contributed by atoms with Crippen LogP contribution in [0.15, 0.2) is 57.9 Å². The van der Waals surface area contributed by atoms with E-state index >= 15 is 0 Å². The molecule has 2 heterocycles. The molecule has 0 radical (unpaired) electrons. The second-order valence-electron chi connectivity index (χ2n) is 7.32. The number of benzene rings is 2. The summed E-state index contributed by atoms with van der Waals surface area (Å²) in [7, 11) is 0. The Hall–Kier alpha value is -2.63. The lowest BCUT2D eigenvalue weighted by atomic mass is 10.0. The summed E-state index contributed by atoms with van der Waals surface area (Å²) in [6.45, 7) is 7.79. The molecule has 1 aromatic heterocycles. The van der Waals surface area contributed by atoms with E-state index in [0.717, 1.165) is 30.0 Å². The minimum absolute atomic E-state index is 0.0215. The van der Waals surface area contributed by atoms with Gasteiger partial charge in [-0.15, -0.1) is 0 Å². The van der Waals surface area contributed by atoms with Crippen LogP contribution in [0.4, 0.5) is 0 Å². The molecule has 5 nitrogen and oxygen atoms in total. The van der Waals surface area contributed by atoms with Gasteiger partial charge in [-0.25, -0.2) is 0 Å². The highest BCUT2D eigenvalue weighted by Gasteiger charge is 2.20. The summed E-state index contributed by atoms with van der Waals surface area (Å²) in [5.74, 6) is 0.768. The van der Waals surface area contributed by atoms with Crippen molar-refractivity contribution >= 4 is 11.0 Å². The summed E-state index contributed by atoms with van der Waals surface area (Å²) in [5.41, 5.74) is 2.93. The molecular weight excluding hydrogens is 354 g/mol. The summed E-state index contributed by atoms with van der Waals surface area (Å²) in [6.07, 6.45) is 1.61. The Labute approximate surface area is 164 Å². The van der Waals surface area contributed by atoms with Crippen LogP contribution in [-0.4, -0.2) is 37.3 Å². The second-order valence-corrected chi connectivity index (χ2v) is 7.32. The lowest BCUT2D eigenvalue weighted by Gasteiger charge is -2.27. The maximum atomic E-state index is 13.2. The van der Waals surface area contributed by atoms with Crippen LogP contribution in [0.5, 0.6) is 5.75 Å². The van der Waals surface area contributed by atoms with Crippen LogP contribution in [0, 0.1) is 0 Å². The van der Waals surface area contributed by atoms with E-state index in [-0.39, 0.29) is 11.5 Å². The summed E-state index contributed by atoms with van der Waals surface area (Å²) in [5, 5.41) is 0.584.